The van der Waals surface area contributed by atoms with Gasteiger partial charge >= 0.3 is 0 Å². The molecule has 0 saturated heterocycles. The summed E-state index contributed by atoms with van der Waals surface area (Å²) in [4.78, 5) is 4.48. The highest BCUT2D eigenvalue weighted by atomic mass is 15.0. The lowest BCUT2D eigenvalue weighted by atomic mass is 10.2. The van der Waals surface area contributed by atoms with Gasteiger partial charge in [-0.3, -0.25) is 0 Å². The summed E-state index contributed by atoms with van der Waals surface area (Å²) in [5, 5.41) is 2.47. The third kappa shape index (κ3) is 1.14. The van der Waals surface area contributed by atoms with Gasteiger partial charge in [0.25, 0.3) is 0 Å². The van der Waals surface area contributed by atoms with Crippen LogP contribution in [0.25, 0.3) is 16.4 Å². The minimum absolute atomic E-state index is 1.01. The predicted molar refractivity (Wildman–Crippen MR) is 62.1 cm³/mol. The quantitative estimate of drug-likeness (QED) is 0.584. The number of hydrogen-bond donors (Lipinski definition) is 0. The van der Waals surface area contributed by atoms with Crippen LogP contribution in [0.1, 0.15) is 12.6 Å². The molecule has 0 amide bonds. The van der Waals surface area contributed by atoms with Gasteiger partial charge < -0.3 is 4.40 Å². The van der Waals surface area contributed by atoms with Crippen molar-refractivity contribution >= 4 is 16.4 Å². The second kappa shape index (κ2) is 3.09. The van der Waals surface area contributed by atoms with Crippen molar-refractivity contribution in [2.75, 3.05) is 0 Å². The van der Waals surface area contributed by atoms with Crippen LogP contribution in [0.2, 0.25) is 0 Å². The monoisotopic (exact) mass is 196 g/mol. The van der Waals surface area contributed by atoms with Crippen molar-refractivity contribution in [3.8, 4) is 0 Å². The number of aryl methyl sites for hydroxylation is 1. The molecule has 0 atom stereocenters. The molecule has 0 aliphatic carbocycles. The smallest absolute Gasteiger partial charge is 0.144 e. The molecule has 1 aromatic carbocycles. The third-order valence-electron chi connectivity index (χ3n) is 2.84. The molecule has 2 heterocycles. The van der Waals surface area contributed by atoms with Gasteiger partial charge in [0, 0.05) is 23.5 Å². The van der Waals surface area contributed by atoms with Crippen LogP contribution in [-0.4, -0.2) is 9.38 Å². The van der Waals surface area contributed by atoms with E-state index in [1.807, 2.05) is 6.20 Å². The Labute approximate surface area is 88.2 Å². The SMILES string of the molecule is CCc1cnc2c3ccccc3ccn12. The number of aromatic nitrogens is 2. The van der Waals surface area contributed by atoms with Gasteiger partial charge in [0.15, 0.2) is 0 Å². The fourth-order valence-corrected chi connectivity index (χ4v) is 2.02. The number of nitrogens with zero attached hydrogens (tertiary/aromatic N) is 2. The summed E-state index contributed by atoms with van der Waals surface area (Å²) in [5.74, 6) is 0. The predicted octanol–water partition coefficient (Wildman–Crippen LogP) is 3.05. The van der Waals surface area contributed by atoms with E-state index < -0.39 is 0 Å². The van der Waals surface area contributed by atoms with Crippen molar-refractivity contribution in [3.63, 3.8) is 0 Å². The average molecular weight is 196 g/mol. The highest BCUT2D eigenvalue weighted by molar-refractivity contribution is 5.93. The van der Waals surface area contributed by atoms with E-state index in [1.165, 1.54) is 16.5 Å². The first kappa shape index (κ1) is 8.48. The number of pyridine rings is 1. The highest BCUT2D eigenvalue weighted by Crippen LogP contribution is 2.19. The van der Waals surface area contributed by atoms with Crippen LogP contribution >= 0.6 is 0 Å². The minimum atomic E-state index is 1.01. The normalized spacial score (nSPS) is 11.3. The van der Waals surface area contributed by atoms with Gasteiger partial charge in [0.05, 0.1) is 0 Å². The average Bonchev–Trinajstić information content (AvgIpc) is 2.72. The second-order valence-electron chi connectivity index (χ2n) is 3.70. The zero-order valence-corrected chi connectivity index (χ0v) is 8.64. The summed E-state index contributed by atoms with van der Waals surface area (Å²) in [7, 11) is 0. The molecule has 3 rings (SSSR count). The van der Waals surface area contributed by atoms with Crippen LogP contribution in [0.15, 0.2) is 42.7 Å². The van der Waals surface area contributed by atoms with Crippen LogP contribution in [0.5, 0.6) is 0 Å². The van der Waals surface area contributed by atoms with Gasteiger partial charge in [-0.2, -0.15) is 0 Å². The van der Waals surface area contributed by atoms with E-state index in [0.29, 0.717) is 0 Å². The van der Waals surface area contributed by atoms with Gasteiger partial charge in [-0.25, -0.2) is 4.98 Å². The van der Waals surface area contributed by atoms with Gasteiger partial charge in [-0.05, 0) is 17.9 Å². The lowest BCUT2D eigenvalue weighted by Gasteiger charge is -2.01. The molecule has 2 aromatic heterocycles. The molecular formula is C13H12N2. The molecule has 0 aliphatic heterocycles. The summed E-state index contributed by atoms with van der Waals surface area (Å²) < 4.78 is 2.17. The number of fused-ring (bicyclic) bond motifs is 3. The highest BCUT2D eigenvalue weighted by Gasteiger charge is 2.04. The summed E-state index contributed by atoms with van der Waals surface area (Å²) in [6.45, 7) is 2.15. The van der Waals surface area contributed by atoms with Gasteiger partial charge in [0.2, 0.25) is 0 Å². The van der Waals surface area contributed by atoms with Crippen molar-refractivity contribution < 1.29 is 0 Å². The van der Waals surface area contributed by atoms with Crippen LogP contribution in [0.4, 0.5) is 0 Å². The first-order valence-electron chi connectivity index (χ1n) is 5.24. The molecule has 3 aromatic rings. The molecule has 0 unspecified atom stereocenters. The molecule has 0 radical (unpaired) electrons. The van der Waals surface area contributed by atoms with E-state index in [1.54, 1.807) is 0 Å². The van der Waals surface area contributed by atoms with E-state index in [-0.39, 0.29) is 0 Å². The maximum atomic E-state index is 4.48. The Morgan fingerprint density at radius 1 is 1.20 bits per heavy atom. The van der Waals surface area contributed by atoms with E-state index in [9.17, 15) is 0 Å². The topological polar surface area (TPSA) is 17.3 Å². The van der Waals surface area contributed by atoms with Crippen LogP contribution in [0, 0.1) is 0 Å². The van der Waals surface area contributed by atoms with Gasteiger partial charge in [0.1, 0.15) is 5.65 Å². The Balaban J connectivity index is 2.50. The Bertz CT molecular complexity index is 623. The molecule has 0 N–H and O–H groups in total. The number of rotatable bonds is 1. The summed E-state index contributed by atoms with van der Waals surface area (Å²) >= 11 is 0. The fourth-order valence-electron chi connectivity index (χ4n) is 2.02. The Morgan fingerprint density at radius 3 is 2.93 bits per heavy atom. The molecule has 0 saturated carbocycles. The Morgan fingerprint density at radius 2 is 2.07 bits per heavy atom. The number of imidazole rings is 1. The molecule has 0 fully saturated rings. The molecule has 0 spiro atoms. The Kier molecular flexibility index (Phi) is 1.75. The van der Waals surface area contributed by atoms with Crippen molar-refractivity contribution in [1.82, 2.24) is 9.38 Å². The van der Waals surface area contributed by atoms with Crippen molar-refractivity contribution in [1.29, 1.82) is 0 Å². The summed E-state index contributed by atoms with van der Waals surface area (Å²) in [6.07, 6.45) is 5.07. The number of benzene rings is 1. The molecule has 0 bridgehead atoms. The van der Waals surface area contributed by atoms with Crippen molar-refractivity contribution in [2.24, 2.45) is 0 Å². The summed E-state index contributed by atoms with van der Waals surface area (Å²) in [5.41, 5.74) is 2.32. The molecule has 0 aliphatic rings. The first-order valence-corrected chi connectivity index (χ1v) is 5.24. The van der Waals surface area contributed by atoms with Crippen molar-refractivity contribution in [3.05, 3.63) is 48.4 Å². The zero-order valence-electron chi connectivity index (χ0n) is 8.64. The van der Waals surface area contributed by atoms with Crippen LogP contribution < -0.4 is 0 Å². The molecular weight excluding hydrogens is 184 g/mol. The van der Waals surface area contributed by atoms with E-state index in [2.05, 4.69) is 52.8 Å². The summed E-state index contributed by atoms with van der Waals surface area (Å²) in [6, 6.07) is 10.5. The van der Waals surface area contributed by atoms with E-state index >= 15 is 0 Å². The first-order chi connectivity index (χ1) is 7.40. The molecule has 74 valence electrons. The maximum absolute atomic E-state index is 4.48. The van der Waals surface area contributed by atoms with Gasteiger partial charge in [-0.1, -0.05) is 31.2 Å². The lowest BCUT2D eigenvalue weighted by Crippen LogP contribution is -1.90. The fraction of sp³-hybridized carbons (Fsp3) is 0.154. The number of hydrogen-bond acceptors (Lipinski definition) is 1. The van der Waals surface area contributed by atoms with Crippen LogP contribution in [-0.2, 0) is 6.42 Å². The molecule has 2 nitrogen and oxygen atoms in total. The zero-order chi connectivity index (χ0) is 10.3. The van der Waals surface area contributed by atoms with Crippen LogP contribution in [0.3, 0.4) is 0 Å². The Hall–Kier alpha value is -1.83. The minimum Gasteiger partial charge on any atom is -0.304 e. The molecule has 2 heteroatoms. The van der Waals surface area contributed by atoms with Gasteiger partial charge in [-0.15, -0.1) is 0 Å². The largest absolute Gasteiger partial charge is 0.304 e. The maximum Gasteiger partial charge on any atom is 0.144 e. The van der Waals surface area contributed by atoms with Crippen molar-refractivity contribution in [2.45, 2.75) is 13.3 Å². The standard InChI is InChI=1S/C13H12N2/c1-2-11-9-14-13-12-6-4-3-5-10(12)7-8-15(11)13/h3-9H,2H2,1H3. The third-order valence-corrected chi connectivity index (χ3v) is 2.84. The van der Waals surface area contributed by atoms with E-state index in [4.69, 9.17) is 0 Å². The second-order valence-corrected chi connectivity index (χ2v) is 3.70. The lowest BCUT2D eigenvalue weighted by molar-refractivity contribution is 0.999. The molecule has 15 heavy (non-hydrogen) atoms. The van der Waals surface area contributed by atoms with E-state index in [0.717, 1.165) is 12.1 Å².